The van der Waals surface area contributed by atoms with Crippen molar-refractivity contribution in [1.29, 1.82) is 0 Å². The van der Waals surface area contributed by atoms with E-state index < -0.39 is 0 Å². The molecule has 0 spiro atoms. The summed E-state index contributed by atoms with van der Waals surface area (Å²) in [6.07, 6.45) is 1.63. The van der Waals surface area contributed by atoms with E-state index in [1.807, 2.05) is 0 Å². The third kappa shape index (κ3) is 2.13. The summed E-state index contributed by atoms with van der Waals surface area (Å²) >= 11 is 0. The number of anilines is 2. The molecule has 4 N–H and O–H groups in total. The van der Waals surface area contributed by atoms with Crippen LogP contribution in [0.1, 0.15) is 5.56 Å². The highest BCUT2D eigenvalue weighted by Crippen LogP contribution is 2.16. The molecule has 0 unspecified atom stereocenters. The van der Waals surface area contributed by atoms with E-state index in [-0.39, 0.29) is 12.6 Å². The van der Waals surface area contributed by atoms with E-state index in [9.17, 15) is 4.79 Å². The smallest absolute Gasteiger partial charge is 0.320 e. The van der Waals surface area contributed by atoms with Crippen LogP contribution in [0.3, 0.4) is 0 Å². The Balaban J connectivity index is 2.17. The van der Waals surface area contributed by atoms with Crippen molar-refractivity contribution < 1.29 is 9.90 Å². The Morgan fingerprint density at radius 1 is 1.60 bits per heavy atom. The summed E-state index contributed by atoms with van der Waals surface area (Å²) < 4.78 is 0. The third-order valence-corrected chi connectivity index (χ3v) is 1.93. The quantitative estimate of drug-likeness (QED) is 0.538. The molecule has 1 aliphatic rings. The molecular formula is C8H11N5O2. The summed E-state index contributed by atoms with van der Waals surface area (Å²) in [5.74, 6) is 0.902. The van der Waals surface area contributed by atoms with Gasteiger partial charge in [-0.15, -0.1) is 0 Å². The maximum Gasteiger partial charge on any atom is 0.320 e. The topological polar surface area (TPSA) is 99.2 Å². The zero-order chi connectivity index (χ0) is 10.7. The fourth-order valence-electron chi connectivity index (χ4n) is 1.22. The molecule has 0 aliphatic carbocycles. The highest BCUT2D eigenvalue weighted by Gasteiger charge is 2.15. The summed E-state index contributed by atoms with van der Waals surface area (Å²) in [6.45, 7) is 0.820. The average Bonchev–Trinajstić information content (AvgIpc) is 2.25. The standard InChI is InChI=1S/C8H11N5O2/c14-2-1-9-7-10-3-5-4-11-8(15)13-6(5)12-7/h3,14H,1-2,4H2,(H3,9,10,11,12,13,15). The number of aliphatic hydroxyl groups is 1. The Kier molecular flexibility index (Phi) is 2.64. The molecule has 0 fully saturated rings. The van der Waals surface area contributed by atoms with Gasteiger partial charge < -0.3 is 15.7 Å². The van der Waals surface area contributed by atoms with E-state index in [0.717, 1.165) is 5.56 Å². The Morgan fingerprint density at radius 2 is 2.47 bits per heavy atom. The molecule has 7 nitrogen and oxygen atoms in total. The maximum atomic E-state index is 11.0. The largest absolute Gasteiger partial charge is 0.395 e. The number of rotatable bonds is 3. The Labute approximate surface area is 85.9 Å². The highest BCUT2D eigenvalue weighted by atomic mass is 16.3. The van der Waals surface area contributed by atoms with Crippen LogP contribution in [-0.2, 0) is 6.54 Å². The zero-order valence-electron chi connectivity index (χ0n) is 7.95. The fourth-order valence-corrected chi connectivity index (χ4v) is 1.22. The van der Waals surface area contributed by atoms with Crippen molar-refractivity contribution in [3.63, 3.8) is 0 Å². The molecule has 7 heteroatoms. The predicted molar refractivity (Wildman–Crippen MR) is 53.5 cm³/mol. The number of fused-ring (bicyclic) bond motifs is 1. The van der Waals surface area contributed by atoms with Crippen LogP contribution in [0.25, 0.3) is 0 Å². The summed E-state index contributed by atoms with van der Waals surface area (Å²) in [6, 6.07) is -0.269. The molecule has 2 amide bonds. The van der Waals surface area contributed by atoms with E-state index in [4.69, 9.17) is 5.11 Å². The summed E-state index contributed by atoms with van der Waals surface area (Å²) in [5, 5.41) is 16.6. The van der Waals surface area contributed by atoms with Gasteiger partial charge in [0.25, 0.3) is 0 Å². The lowest BCUT2D eigenvalue weighted by atomic mass is 10.3. The van der Waals surface area contributed by atoms with Crippen molar-refractivity contribution in [2.45, 2.75) is 6.54 Å². The van der Waals surface area contributed by atoms with Gasteiger partial charge in [0, 0.05) is 24.8 Å². The van der Waals surface area contributed by atoms with E-state index in [2.05, 4.69) is 25.9 Å². The minimum atomic E-state index is -0.269. The van der Waals surface area contributed by atoms with Crippen molar-refractivity contribution in [2.75, 3.05) is 23.8 Å². The normalized spacial score (nSPS) is 13.8. The van der Waals surface area contributed by atoms with Gasteiger partial charge in [-0.05, 0) is 0 Å². The van der Waals surface area contributed by atoms with E-state index >= 15 is 0 Å². The lowest BCUT2D eigenvalue weighted by Gasteiger charge is -2.17. The Morgan fingerprint density at radius 3 is 3.27 bits per heavy atom. The molecule has 1 aromatic heterocycles. The summed E-state index contributed by atoms with van der Waals surface area (Å²) in [7, 11) is 0. The molecule has 0 atom stereocenters. The van der Waals surface area contributed by atoms with Gasteiger partial charge in [0.1, 0.15) is 5.82 Å². The van der Waals surface area contributed by atoms with Crippen LogP contribution in [0.2, 0.25) is 0 Å². The second kappa shape index (κ2) is 4.09. The lowest BCUT2D eigenvalue weighted by molar-refractivity contribution is 0.250. The summed E-state index contributed by atoms with van der Waals surface area (Å²) in [4.78, 5) is 19.1. The maximum absolute atomic E-state index is 11.0. The van der Waals surface area contributed by atoms with Crippen molar-refractivity contribution in [2.24, 2.45) is 0 Å². The Hall–Kier alpha value is -1.89. The van der Waals surface area contributed by atoms with E-state index in [1.54, 1.807) is 6.20 Å². The molecular weight excluding hydrogens is 198 g/mol. The summed E-state index contributed by atoms with van der Waals surface area (Å²) in [5.41, 5.74) is 0.837. The second-order valence-corrected chi connectivity index (χ2v) is 3.03. The number of aromatic nitrogens is 2. The monoisotopic (exact) mass is 209 g/mol. The molecule has 15 heavy (non-hydrogen) atoms. The van der Waals surface area contributed by atoms with Crippen LogP contribution in [0, 0.1) is 0 Å². The molecule has 2 rings (SSSR count). The number of amides is 2. The van der Waals surface area contributed by atoms with E-state index in [1.165, 1.54) is 0 Å². The van der Waals surface area contributed by atoms with Crippen LogP contribution in [-0.4, -0.2) is 34.3 Å². The van der Waals surface area contributed by atoms with Crippen LogP contribution >= 0.6 is 0 Å². The minimum absolute atomic E-state index is 0.00829. The number of carbonyl (C=O) groups is 1. The number of carbonyl (C=O) groups excluding carboxylic acids is 1. The second-order valence-electron chi connectivity index (χ2n) is 3.03. The first-order valence-corrected chi connectivity index (χ1v) is 4.55. The number of hydrogen-bond acceptors (Lipinski definition) is 5. The third-order valence-electron chi connectivity index (χ3n) is 1.93. The SMILES string of the molecule is O=C1NCc2cnc(NCCO)nc2N1. The number of nitrogens with zero attached hydrogens (tertiary/aromatic N) is 2. The van der Waals surface area contributed by atoms with Crippen LogP contribution in [0.4, 0.5) is 16.6 Å². The van der Waals surface area contributed by atoms with E-state index in [0.29, 0.717) is 24.9 Å². The molecule has 1 aliphatic heterocycles. The van der Waals surface area contributed by atoms with Crippen molar-refractivity contribution in [1.82, 2.24) is 15.3 Å². The van der Waals surface area contributed by atoms with Gasteiger partial charge in [-0.1, -0.05) is 0 Å². The molecule has 0 saturated carbocycles. The van der Waals surface area contributed by atoms with Crippen molar-refractivity contribution in [3.8, 4) is 0 Å². The van der Waals surface area contributed by atoms with Gasteiger partial charge in [0.15, 0.2) is 0 Å². The van der Waals surface area contributed by atoms with Crippen molar-refractivity contribution >= 4 is 17.8 Å². The lowest BCUT2D eigenvalue weighted by Crippen LogP contribution is -2.34. The van der Waals surface area contributed by atoms with Gasteiger partial charge in [-0.3, -0.25) is 5.32 Å². The molecule has 1 aromatic rings. The van der Waals surface area contributed by atoms with Crippen molar-refractivity contribution in [3.05, 3.63) is 11.8 Å². The molecule has 0 bridgehead atoms. The van der Waals surface area contributed by atoms with Crippen LogP contribution in [0.5, 0.6) is 0 Å². The average molecular weight is 209 g/mol. The molecule has 0 saturated heterocycles. The fraction of sp³-hybridized carbons (Fsp3) is 0.375. The van der Waals surface area contributed by atoms with Gasteiger partial charge in [-0.25, -0.2) is 9.78 Å². The number of urea groups is 1. The van der Waals surface area contributed by atoms with Gasteiger partial charge in [-0.2, -0.15) is 4.98 Å². The molecule has 2 heterocycles. The van der Waals surface area contributed by atoms with Crippen LogP contribution in [0.15, 0.2) is 6.20 Å². The van der Waals surface area contributed by atoms with Gasteiger partial charge in [0.05, 0.1) is 6.61 Å². The number of hydrogen-bond donors (Lipinski definition) is 4. The molecule has 80 valence electrons. The minimum Gasteiger partial charge on any atom is -0.395 e. The molecule has 0 radical (unpaired) electrons. The first-order valence-electron chi connectivity index (χ1n) is 4.55. The predicted octanol–water partition coefficient (Wildman–Crippen LogP) is -0.484. The first kappa shape index (κ1) is 9.66. The number of aliphatic hydroxyl groups excluding tert-OH is 1. The highest BCUT2D eigenvalue weighted by molar-refractivity contribution is 5.91. The molecule has 0 aromatic carbocycles. The first-order chi connectivity index (χ1) is 7.29. The van der Waals surface area contributed by atoms with Gasteiger partial charge >= 0.3 is 6.03 Å². The van der Waals surface area contributed by atoms with Crippen LogP contribution < -0.4 is 16.0 Å². The number of nitrogens with one attached hydrogen (secondary N) is 3. The Bertz CT molecular complexity index is 381. The van der Waals surface area contributed by atoms with Gasteiger partial charge in [0.2, 0.25) is 5.95 Å². The zero-order valence-corrected chi connectivity index (χ0v) is 7.95.